The molecular weight excluding hydrogens is 408 g/mol. The first-order chi connectivity index (χ1) is 15.4. The van der Waals surface area contributed by atoms with Crippen LogP contribution in [0.3, 0.4) is 0 Å². The Morgan fingerprint density at radius 3 is 1.31 bits per heavy atom. The molecule has 0 bridgehead atoms. The first-order valence-electron chi connectivity index (χ1n) is 10.6. The van der Waals surface area contributed by atoms with Gasteiger partial charge in [-0.2, -0.15) is 0 Å². The van der Waals surface area contributed by atoms with Crippen LogP contribution in [0.25, 0.3) is 11.1 Å². The average Bonchev–Trinajstić information content (AvgIpc) is 2.77. The van der Waals surface area contributed by atoms with Gasteiger partial charge in [-0.3, -0.25) is 0 Å². The van der Waals surface area contributed by atoms with Gasteiger partial charge in [0.15, 0.2) is 0 Å². The predicted molar refractivity (Wildman–Crippen MR) is 124 cm³/mol. The number of ether oxygens (including phenoxy) is 4. The first-order valence-corrected chi connectivity index (χ1v) is 10.6. The van der Waals surface area contributed by atoms with E-state index >= 15 is 0 Å². The molecule has 0 aliphatic carbocycles. The zero-order valence-electron chi connectivity index (χ0n) is 19.1. The van der Waals surface area contributed by atoms with Crippen molar-refractivity contribution >= 4 is 23.1 Å². The Balaban J connectivity index is 1.80. The lowest BCUT2D eigenvalue weighted by atomic mass is 10.1. The van der Waals surface area contributed by atoms with Crippen molar-refractivity contribution in [3.05, 3.63) is 71.8 Å². The third-order valence-corrected chi connectivity index (χ3v) is 4.48. The number of hydrogen-bond donors (Lipinski definition) is 0. The van der Waals surface area contributed by atoms with Gasteiger partial charge in [0, 0.05) is 12.2 Å². The minimum atomic E-state index is -0.347. The molecule has 2 aromatic carbocycles. The van der Waals surface area contributed by atoms with Crippen molar-refractivity contribution in [1.29, 1.82) is 0 Å². The molecule has 0 aromatic heterocycles. The number of benzene rings is 2. The Bertz CT molecular complexity index is 860. The van der Waals surface area contributed by atoms with Crippen LogP contribution in [-0.4, -0.2) is 38.4 Å². The molecule has 0 unspecified atom stereocenters. The summed E-state index contributed by atoms with van der Waals surface area (Å²) in [5.41, 5.74) is 3.51. The van der Waals surface area contributed by atoms with Crippen molar-refractivity contribution in [2.75, 3.05) is 26.4 Å². The summed E-state index contributed by atoms with van der Waals surface area (Å²) < 4.78 is 21.3. The molecule has 2 aromatic rings. The summed E-state index contributed by atoms with van der Waals surface area (Å²) in [6.07, 6.45) is 2.96. The topological polar surface area (TPSA) is 71.1 Å². The van der Waals surface area contributed by atoms with E-state index in [0.29, 0.717) is 26.4 Å². The summed E-state index contributed by atoms with van der Waals surface area (Å²) >= 11 is 0. The van der Waals surface area contributed by atoms with Gasteiger partial charge < -0.3 is 18.9 Å². The molecule has 32 heavy (non-hydrogen) atoms. The van der Waals surface area contributed by atoms with Crippen molar-refractivity contribution in [3.63, 3.8) is 0 Å². The lowest BCUT2D eigenvalue weighted by molar-refractivity contribution is -0.138. The number of carbonyl (C=O) groups excluding carboxylic acids is 2. The second-order valence-corrected chi connectivity index (χ2v) is 6.90. The van der Waals surface area contributed by atoms with Crippen molar-refractivity contribution in [2.45, 2.75) is 27.7 Å². The third-order valence-electron chi connectivity index (χ3n) is 4.48. The fourth-order valence-corrected chi connectivity index (χ4v) is 2.84. The Morgan fingerprint density at radius 1 is 0.656 bits per heavy atom. The van der Waals surface area contributed by atoms with E-state index in [1.165, 1.54) is 12.2 Å². The molecule has 0 aliphatic heterocycles. The van der Waals surface area contributed by atoms with Crippen LogP contribution >= 0.6 is 0 Å². The second kappa shape index (κ2) is 13.0. The standard InChI is InChI=1S/C26H30O6/c1-5-29-25(27)17-19(3)21-7-11-23(12-8-21)31-15-16-32-24-13-9-22(10-14-24)20(4)18-26(28)30-6-2/h7-14,17-18H,5-6,15-16H2,1-4H3/b19-17+,20-18+. The van der Waals surface area contributed by atoms with E-state index in [0.717, 1.165) is 33.8 Å². The SMILES string of the molecule is CCOC(=O)/C=C(\C)c1ccc(OCCOc2ccc(/C(C)=C/C(=O)OCC)cc2)cc1. The normalized spacial score (nSPS) is 11.6. The summed E-state index contributed by atoms with van der Waals surface area (Å²) in [5.74, 6) is 0.745. The molecule has 6 heteroatoms. The van der Waals surface area contributed by atoms with Gasteiger partial charge in [0.2, 0.25) is 0 Å². The summed E-state index contributed by atoms with van der Waals surface area (Å²) in [6.45, 7) is 8.76. The van der Waals surface area contributed by atoms with E-state index in [2.05, 4.69) is 0 Å². The van der Waals surface area contributed by atoms with Gasteiger partial charge in [-0.25, -0.2) is 9.59 Å². The van der Waals surface area contributed by atoms with Crippen molar-refractivity contribution in [3.8, 4) is 11.5 Å². The number of hydrogen-bond acceptors (Lipinski definition) is 6. The minimum absolute atomic E-state index is 0.347. The molecule has 0 fully saturated rings. The van der Waals surface area contributed by atoms with Crippen LogP contribution in [0.5, 0.6) is 11.5 Å². The number of esters is 2. The van der Waals surface area contributed by atoms with Crippen LogP contribution in [0, 0.1) is 0 Å². The Hall–Kier alpha value is -3.54. The van der Waals surface area contributed by atoms with E-state index in [4.69, 9.17) is 18.9 Å². The third kappa shape index (κ3) is 8.30. The van der Waals surface area contributed by atoms with Crippen LogP contribution in [0.2, 0.25) is 0 Å². The van der Waals surface area contributed by atoms with Crippen LogP contribution < -0.4 is 9.47 Å². The molecule has 0 amide bonds. The summed E-state index contributed by atoms with van der Waals surface area (Å²) in [4.78, 5) is 23.1. The molecule has 6 nitrogen and oxygen atoms in total. The van der Waals surface area contributed by atoms with Crippen LogP contribution in [-0.2, 0) is 19.1 Å². The van der Waals surface area contributed by atoms with E-state index in [1.807, 2.05) is 62.4 Å². The maximum atomic E-state index is 11.5. The highest BCUT2D eigenvalue weighted by Gasteiger charge is 2.04. The zero-order valence-corrected chi connectivity index (χ0v) is 19.1. The van der Waals surface area contributed by atoms with Crippen molar-refractivity contribution in [1.82, 2.24) is 0 Å². The maximum absolute atomic E-state index is 11.5. The highest BCUT2D eigenvalue weighted by Crippen LogP contribution is 2.20. The molecule has 0 spiro atoms. The molecule has 0 heterocycles. The van der Waals surface area contributed by atoms with Gasteiger partial charge >= 0.3 is 11.9 Å². The zero-order chi connectivity index (χ0) is 23.3. The smallest absolute Gasteiger partial charge is 0.331 e. The summed E-state index contributed by atoms with van der Waals surface area (Å²) in [5, 5.41) is 0. The highest BCUT2D eigenvalue weighted by atomic mass is 16.5. The molecule has 170 valence electrons. The predicted octanol–water partition coefficient (Wildman–Crippen LogP) is 5.08. The molecule has 0 aliphatic rings. The Morgan fingerprint density at radius 2 is 1.00 bits per heavy atom. The largest absolute Gasteiger partial charge is 0.490 e. The molecule has 0 saturated carbocycles. The lowest BCUT2D eigenvalue weighted by Gasteiger charge is -2.10. The van der Waals surface area contributed by atoms with Gasteiger partial charge in [0.25, 0.3) is 0 Å². The monoisotopic (exact) mass is 438 g/mol. The van der Waals surface area contributed by atoms with Gasteiger partial charge in [-0.05, 0) is 74.2 Å². The van der Waals surface area contributed by atoms with E-state index in [9.17, 15) is 9.59 Å². The molecule has 0 N–H and O–H groups in total. The second-order valence-electron chi connectivity index (χ2n) is 6.90. The van der Waals surface area contributed by atoms with Crippen LogP contribution in [0.4, 0.5) is 0 Å². The van der Waals surface area contributed by atoms with Gasteiger partial charge in [-0.15, -0.1) is 0 Å². The highest BCUT2D eigenvalue weighted by molar-refractivity contribution is 5.91. The van der Waals surface area contributed by atoms with E-state index in [-0.39, 0.29) is 11.9 Å². The first kappa shape index (κ1) is 24.7. The molecular formula is C26H30O6. The van der Waals surface area contributed by atoms with Gasteiger partial charge in [-0.1, -0.05) is 24.3 Å². The van der Waals surface area contributed by atoms with Gasteiger partial charge in [0.1, 0.15) is 24.7 Å². The number of allylic oxidation sites excluding steroid dienone is 2. The fraction of sp³-hybridized carbons (Fsp3) is 0.308. The number of carbonyl (C=O) groups is 2. The Labute approximate surface area is 189 Å². The van der Waals surface area contributed by atoms with Crippen molar-refractivity contribution in [2.24, 2.45) is 0 Å². The fourth-order valence-electron chi connectivity index (χ4n) is 2.84. The van der Waals surface area contributed by atoms with Gasteiger partial charge in [0.05, 0.1) is 13.2 Å². The quantitative estimate of drug-likeness (QED) is 0.277. The summed E-state index contributed by atoms with van der Waals surface area (Å²) in [7, 11) is 0. The molecule has 2 rings (SSSR count). The maximum Gasteiger partial charge on any atom is 0.331 e. The van der Waals surface area contributed by atoms with E-state index < -0.39 is 0 Å². The molecule has 0 radical (unpaired) electrons. The Kier molecular flexibility index (Phi) is 10.0. The van der Waals surface area contributed by atoms with E-state index in [1.54, 1.807) is 13.8 Å². The average molecular weight is 439 g/mol. The molecule has 0 saturated heterocycles. The summed E-state index contributed by atoms with van der Waals surface area (Å²) in [6, 6.07) is 15.0. The minimum Gasteiger partial charge on any atom is -0.490 e. The molecule has 0 atom stereocenters. The number of rotatable bonds is 11. The van der Waals surface area contributed by atoms with Crippen LogP contribution in [0.15, 0.2) is 60.7 Å². The van der Waals surface area contributed by atoms with Crippen molar-refractivity contribution < 1.29 is 28.5 Å². The lowest BCUT2D eigenvalue weighted by Crippen LogP contribution is -2.09. The van der Waals surface area contributed by atoms with Crippen LogP contribution in [0.1, 0.15) is 38.8 Å².